The van der Waals surface area contributed by atoms with Crippen LogP contribution < -0.4 is 4.90 Å². The summed E-state index contributed by atoms with van der Waals surface area (Å²) < 4.78 is 5.33. The third-order valence-electron chi connectivity index (χ3n) is 2.97. The fourth-order valence-electron chi connectivity index (χ4n) is 1.92. The number of oxime groups is 1. The molecule has 5 nitrogen and oxygen atoms in total. The lowest BCUT2D eigenvalue weighted by molar-refractivity contribution is -0.140. The van der Waals surface area contributed by atoms with Crippen LogP contribution in [0.15, 0.2) is 29.4 Å². The van der Waals surface area contributed by atoms with Crippen molar-refractivity contribution >= 4 is 17.4 Å². The van der Waals surface area contributed by atoms with Gasteiger partial charge in [0.25, 0.3) is 0 Å². The highest BCUT2D eigenvalue weighted by Crippen LogP contribution is 2.17. The van der Waals surface area contributed by atoms with E-state index in [2.05, 4.69) is 14.9 Å². The molecule has 1 aliphatic rings. The number of rotatable bonds is 3. The molecule has 1 aromatic rings. The van der Waals surface area contributed by atoms with Crippen LogP contribution >= 0.6 is 0 Å². The predicted molar refractivity (Wildman–Crippen MR) is 73.5 cm³/mol. The smallest absolute Gasteiger partial charge is 0.331 e. The molecule has 0 saturated carbocycles. The second kappa shape index (κ2) is 6.33. The molecular weight excluding hydrogens is 244 g/mol. The zero-order valence-corrected chi connectivity index (χ0v) is 11.3. The quantitative estimate of drug-likeness (QED) is 0.473. The first kappa shape index (κ1) is 13.5. The van der Waals surface area contributed by atoms with Crippen molar-refractivity contribution in [3.05, 3.63) is 29.8 Å². The Morgan fingerprint density at radius 3 is 2.42 bits per heavy atom. The molecule has 5 heteroatoms. The van der Waals surface area contributed by atoms with E-state index in [1.807, 2.05) is 31.2 Å². The van der Waals surface area contributed by atoms with Crippen LogP contribution in [0, 0.1) is 0 Å². The SMILES string of the molecule is CC(=O)O/N=C(\C)c1ccc(N2CCOCC2)cc1. The first-order chi connectivity index (χ1) is 9.16. The summed E-state index contributed by atoms with van der Waals surface area (Å²) in [5.74, 6) is -0.413. The van der Waals surface area contributed by atoms with Crippen molar-refractivity contribution in [2.24, 2.45) is 5.16 Å². The molecular formula is C14H18N2O3. The number of hydrogen-bond donors (Lipinski definition) is 0. The van der Waals surface area contributed by atoms with Gasteiger partial charge in [0.1, 0.15) is 0 Å². The van der Waals surface area contributed by atoms with Crippen LogP contribution in [0.5, 0.6) is 0 Å². The van der Waals surface area contributed by atoms with Crippen LogP contribution in [-0.2, 0) is 14.4 Å². The van der Waals surface area contributed by atoms with Crippen molar-refractivity contribution in [3.8, 4) is 0 Å². The monoisotopic (exact) mass is 262 g/mol. The second-order valence-corrected chi connectivity index (χ2v) is 4.41. The van der Waals surface area contributed by atoms with E-state index in [4.69, 9.17) is 4.74 Å². The average Bonchev–Trinajstić information content (AvgIpc) is 2.46. The first-order valence-electron chi connectivity index (χ1n) is 6.32. The third kappa shape index (κ3) is 3.79. The minimum atomic E-state index is -0.413. The van der Waals surface area contributed by atoms with E-state index in [1.54, 1.807) is 0 Å². The van der Waals surface area contributed by atoms with Crippen molar-refractivity contribution < 1.29 is 14.4 Å². The highest BCUT2D eigenvalue weighted by molar-refractivity contribution is 5.98. The molecule has 1 aromatic carbocycles. The van der Waals surface area contributed by atoms with E-state index in [1.165, 1.54) is 12.6 Å². The highest BCUT2D eigenvalue weighted by atomic mass is 16.7. The van der Waals surface area contributed by atoms with E-state index in [0.29, 0.717) is 5.71 Å². The van der Waals surface area contributed by atoms with Gasteiger partial charge in [-0.2, -0.15) is 0 Å². The fourth-order valence-corrected chi connectivity index (χ4v) is 1.92. The van der Waals surface area contributed by atoms with Gasteiger partial charge in [-0.25, -0.2) is 4.79 Å². The number of carbonyl (C=O) groups excluding carboxylic acids is 1. The first-order valence-corrected chi connectivity index (χ1v) is 6.32. The van der Waals surface area contributed by atoms with Crippen molar-refractivity contribution in [1.82, 2.24) is 0 Å². The van der Waals surface area contributed by atoms with Crippen LogP contribution in [0.1, 0.15) is 19.4 Å². The van der Waals surface area contributed by atoms with Crippen LogP contribution in [0.2, 0.25) is 0 Å². The third-order valence-corrected chi connectivity index (χ3v) is 2.97. The summed E-state index contributed by atoms with van der Waals surface area (Å²) in [5, 5.41) is 3.77. The van der Waals surface area contributed by atoms with Gasteiger partial charge in [0.2, 0.25) is 0 Å². The van der Waals surface area contributed by atoms with Crippen LogP contribution in [0.3, 0.4) is 0 Å². The molecule has 0 atom stereocenters. The van der Waals surface area contributed by atoms with Crippen molar-refractivity contribution in [1.29, 1.82) is 0 Å². The van der Waals surface area contributed by atoms with Gasteiger partial charge in [-0.1, -0.05) is 17.3 Å². The van der Waals surface area contributed by atoms with Crippen molar-refractivity contribution in [3.63, 3.8) is 0 Å². The van der Waals surface area contributed by atoms with Gasteiger partial charge < -0.3 is 14.5 Å². The van der Waals surface area contributed by atoms with E-state index >= 15 is 0 Å². The Balaban J connectivity index is 2.05. The van der Waals surface area contributed by atoms with Gasteiger partial charge in [0.15, 0.2) is 0 Å². The standard InChI is InChI=1S/C14H18N2O3/c1-11(15-19-12(2)17)13-3-5-14(6-4-13)16-7-9-18-10-8-16/h3-6H,7-10H2,1-2H3/b15-11+. The molecule has 1 aliphatic heterocycles. The molecule has 102 valence electrons. The molecule has 1 fully saturated rings. The lowest BCUT2D eigenvalue weighted by atomic mass is 10.1. The van der Waals surface area contributed by atoms with Gasteiger partial charge >= 0.3 is 5.97 Å². The van der Waals surface area contributed by atoms with E-state index in [9.17, 15) is 4.79 Å². The molecule has 1 heterocycles. The molecule has 0 amide bonds. The van der Waals surface area contributed by atoms with Crippen LogP contribution in [0.25, 0.3) is 0 Å². The summed E-state index contributed by atoms with van der Waals surface area (Å²) in [4.78, 5) is 17.6. The van der Waals surface area contributed by atoms with Gasteiger partial charge in [-0.3, -0.25) is 0 Å². The summed E-state index contributed by atoms with van der Waals surface area (Å²) in [6.07, 6.45) is 0. The maximum absolute atomic E-state index is 10.7. The number of hydrogen-bond acceptors (Lipinski definition) is 5. The number of morpholine rings is 1. The van der Waals surface area contributed by atoms with Crippen molar-refractivity contribution in [2.45, 2.75) is 13.8 Å². The van der Waals surface area contributed by atoms with Crippen LogP contribution in [-0.4, -0.2) is 38.0 Å². The molecule has 19 heavy (non-hydrogen) atoms. The Kier molecular flexibility index (Phi) is 4.52. The maximum atomic E-state index is 10.7. The number of carbonyl (C=O) groups is 1. The molecule has 0 spiro atoms. The van der Waals surface area contributed by atoms with E-state index < -0.39 is 5.97 Å². The summed E-state index contributed by atoms with van der Waals surface area (Å²) in [7, 11) is 0. The van der Waals surface area contributed by atoms with Crippen molar-refractivity contribution in [2.75, 3.05) is 31.2 Å². The zero-order chi connectivity index (χ0) is 13.7. The largest absolute Gasteiger partial charge is 0.378 e. The normalized spacial score (nSPS) is 16.3. The number of anilines is 1. The Morgan fingerprint density at radius 2 is 1.84 bits per heavy atom. The predicted octanol–water partition coefficient (Wildman–Crippen LogP) is 1.81. The zero-order valence-electron chi connectivity index (χ0n) is 11.3. The molecule has 0 aliphatic carbocycles. The topological polar surface area (TPSA) is 51.1 Å². The lowest BCUT2D eigenvalue weighted by Crippen LogP contribution is -2.36. The number of ether oxygens (including phenoxy) is 1. The fraction of sp³-hybridized carbons (Fsp3) is 0.429. The van der Waals surface area contributed by atoms with E-state index in [-0.39, 0.29) is 0 Å². The summed E-state index contributed by atoms with van der Waals surface area (Å²) in [5.41, 5.74) is 2.80. The highest BCUT2D eigenvalue weighted by Gasteiger charge is 2.11. The van der Waals surface area contributed by atoms with Gasteiger partial charge in [0, 0.05) is 25.7 Å². The molecule has 0 unspecified atom stereocenters. The molecule has 1 saturated heterocycles. The minimum absolute atomic E-state index is 0.413. The Labute approximate surface area is 112 Å². The number of nitrogens with zero attached hydrogens (tertiary/aromatic N) is 2. The summed E-state index contributed by atoms with van der Waals surface area (Å²) in [6.45, 7) is 6.52. The molecule has 2 rings (SSSR count). The summed E-state index contributed by atoms with van der Waals surface area (Å²) in [6, 6.07) is 8.06. The Hall–Kier alpha value is -1.88. The molecule has 0 aromatic heterocycles. The number of benzene rings is 1. The Bertz CT molecular complexity index is 462. The maximum Gasteiger partial charge on any atom is 0.331 e. The Morgan fingerprint density at radius 1 is 1.21 bits per heavy atom. The van der Waals surface area contributed by atoms with Crippen LogP contribution in [0.4, 0.5) is 5.69 Å². The lowest BCUT2D eigenvalue weighted by Gasteiger charge is -2.28. The van der Waals surface area contributed by atoms with Gasteiger partial charge in [0.05, 0.1) is 18.9 Å². The average molecular weight is 262 g/mol. The second-order valence-electron chi connectivity index (χ2n) is 4.41. The molecule has 0 N–H and O–H groups in total. The van der Waals surface area contributed by atoms with Gasteiger partial charge in [-0.05, 0) is 24.6 Å². The molecule has 0 radical (unpaired) electrons. The minimum Gasteiger partial charge on any atom is -0.378 e. The van der Waals surface area contributed by atoms with E-state index in [0.717, 1.165) is 31.9 Å². The van der Waals surface area contributed by atoms with Gasteiger partial charge in [-0.15, -0.1) is 0 Å². The summed E-state index contributed by atoms with van der Waals surface area (Å²) >= 11 is 0. The molecule has 0 bridgehead atoms.